The molecule has 0 unspecified atom stereocenters. The highest BCUT2D eigenvalue weighted by atomic mass is 16.7. The SMILES string of the molecule is CO[C@H]1O[C@H](C#CO[C@H]2O[C@H](CO)[C@H](OCc3ccccc3)[C@H](OCc3ccccc3)[C@H]2OCc2ccccc2)[C@@H](OCc2ccccc2)[C@H](OCc2ccccc2)[C@H]1OCc1ccccc1. The minimum absolute atomic E-state index is 0.212. The minimum Gasteiger partial charge on any atom is -0.411 e. The molecule has 0 spiro atoms. The topological polar surface area (TPSA) is 113 Å². The number of methoxy groups -OCH3 is 1. The lowest BCUT2D eigenvalue weighted by molar-refractivity contribution is -0.314. The summed E-state index contributed by atoms with van der Waals surface area (Å²) in [4.78, 5) is 0. The van der Waals surface area contributed by atoms with E-state index in [1.807, 2.05) is 182 Å². The monoisotopic (exact) mass is 906 g/mol. The molecule has 0 aromatic heterocycles. The van der Waals surface area contributed by atoms with Gasteiger partial charge in [0.05, 0.1) is 46.2 Å². The third-order valence-corrected chi connectivity index (χ3v) is 11.6. The van der Waals surface area contributed by atoms with Gasteiger partial charge in [-0.2, -0.15) is 0 Å². The first-order valence-electron chi connectivity index (χ1n) is 22.7. The molecule has 0 saturated carbocycles. The molecule has 2 aliphatic rings. The molecule has 2 saturated heterocycles. The van der Waals surface area contributed by atoms with Crippen molar-refractivity contribution in [2.45, 2.75) is 101 Å². The number of aliphatic hydroxyl groups excluding tert-OH is 1. The quantitative estimate of drug-likeness (QED) is 0.0702. The van der Waals surface area contributed by atoms with E-state index in [9.17, 15) is 5.11 Å². The molecule has 2 aliphatic heterocycles. The predicted molar refractivity (Wildman–Crippen MR) is 250 cm³/mol. The fourth-order valence-corrected chi connectivity index (χ4v) is 8.10. The minimum atomic E-state index is -1.14. The Morgan fingerprint density at radius 3 is 1.06 bits per heavy atom. The molecular formula is C56H58O11. The van der Waals surface area contributed by atoms with Gasteiger partial charge in [-0.15, -0.1) is 0 Å². The maximum atomic E-state index is 10.9. The van der Waals surface area contributed by atoms with Crippen LogP contribution in [0.3, 0.4) is 0 Å². The van der Waals surface area contributed by atoms with Crippen molar-refractivity contribution >= 4 is 0 Å². The predicted octanol–water partition coefficient (Wildman–Crippen LogP) is 8.56. The Hall–Kier alpha value is -5.72. The molecule has 2 heterocycles. The van der Waals surface area contributed by atoms with Gasteiger partial charge >= 0.3 is 0 Å². The van der Waals surface area contributed by atoms with Crippen LogP contribution in [0.25, 0.3) is 0 Å². The first-order chi connectivity index (χ1) is 33.1. The molecule has 0 aliphatic carbocycles. The summed E-state index contributed by atoms with van der Waals surface area (Å²) in [5.74, 6) is 3.19. The summed E-state index contributed by atoms with van der Waals surface area (Å²) >= 11 is 0. The first kappa shape index (κ1) is 47.8. The van der Waals surface area contributed by atoms with Crippen LogP contribution < -0.4 is 0 Å². The highest BCUT2D eigenvalue weighted by molar-refractivity contribution is 5.19. The Morgan fingerprint density at radius 1 is 0.388 bits per heavy atom. The van der Waals surface area contributed by atoms with E-state index in [2.05, 4.69) is 12.0 Å². The van der Waals surface area contributed by atoms with Crippen molar-refractivity contribution in [3.05, 3.63) is 215 Å². The summed E-state index contributed by atoms with van der Waals surface area (Å²) in [6.45, 7) is 1.11. The third kappa shape index (κ3) is 13.7. The van der Waals surface area contributed by atoms with Crippen molar-refractivity contribution in [2.24, 2.45) is 0 Å². The average Bonchev–Trinajstić information content (AvgIpc) is 3.39. The van der Waals surface area contributed by atoms with Crippen molar-refractivity contribution in [3.8, 4) is 12.0 Å². The lowest BCUT2D eigenvalue weighted by Crippen LogP contribution is -2.61. The second-order valence-electron chi connectivity index (χ2n) is 16.3. The average molecular weight is 907 g/mol. The summed E-state index contributed by atoms with van der Waals surface area (Å²) in [6.07, 6.45) is -5.52. The Bertz CT molecular complexity index is 2350. The van der Waals surface area contributed by atoms with Crippen LogP contribution in [0.5, 0.6) is 0 Å². The lowest BCUT2D eigenvalue weighted by atomic mass is 9.97. The molecule has 11 heteroatoms. The maximum Gasteiger partial charge on any atom is 0.239 e. The maximum absolute atomic E-state index is 10.9. The molecule has 0 bridgehead atoms. The number of hydrogen-bond acceptors (Lipinski definition) is 11. The van der Waals surface area contributed by atoms with Gasteiger partial charge in [-0.1, -0.05) is 182 Å². The lowest BCUT2D eigenvalue weighted by Gasteiger charge is -2.45. The van der Waals surface area contributed by atoms with Gasteiger partial charge in [0.1, 0.15) is 48.8 Å². The van der Waals surface area contributed by atoms with Gasteiger partial charge in [0.2, 0.25) is 6.29 Å². The van der Waals surface area contributed by atoms with E-state index >= 15 is 0 Å². The first-order valence-corrected chi connectivity index (χ1v) is 22.7. The third-order valence-electron chi connectivity index (χ3n) is 11.6. The van der Waals surface area contributed by atoms with Crippen LogP contribution in [0.1, 0.15) is 33.4 Å². The van der Waals surface area contributed by atoms with E-state index < -0.39 is 61.4 Å². The van der Waals surface area contributed by atoms with Gasteiger partial charge in [-0.25, -0.2) is 0 Å². The van der Waals surface area contributed by atoms with Crippen molar-refractivity contribution in [1.82, 2.24) is 0 Å². The molecular weight excluding hydrogens is 849 g/mol. The number of rotatable bonds is 21. The van der Waals surface area contributed by atoms with Crippen molar-refractivity contribution in [2.75, 3.05) is 13.7 Å². The zero-order chi connectivity index (χ0) is 45.9. The van der Waals surface area contributed by atoms with Gasteiger partial charge in [0, 0.05) is 7.11 Å². The number of aliphatic hydroxyl groups is 1. The highest BCUT2D eigenvalue weighted by Crippen LogP contribution is 2.33. The molecule has 6 aromatic carbocycles. The van der Waals surface area contributed by atoms with Crippen LogP contribution in [0, 0.1) is 12.0 Å². The van der Waals surface area contributed by atoms with Crippen LogP contribution >= 0.6 is 0 Å². The molecule has 10 atom stereocenters. The molecule has 0 amide bonds. The van der Waals surface area contributed by atoms with Crippen LogP contribution in [-0.4, -0.2) is 80.2 Å². The van der Waals surface area contributed by atoms with Gasteiger partial charge in [-0.05, 0) is 39.3 Å². The van der Waals surface area contributed by atoms with E-state index in [4.69, 9.17) is 47.4 Å². The van der Waals surface area contributed by atoms with Crippen molar-refractivity contribution in [1.29, 1.82) is 0 Å². The van der Waals surface area contributed by atoms with Crippen LogP contribution in [0.4, 0.5) is 0 Å². The molecule has 8 rings (SSSR count). The molecule has 67 heavy (non-hydrogen) atoms. The van der Waals surface area contributed by atoms with Gasteiger partial charge < -0.3 is 52.5 Å². The van der Waals surface area contributed by atoms with E-state index in [0.717, 1.165) is 33.4 Å². The Morgan fingerprint density at radius 2 is 0.701 bits per heavy atom. The number of ether oxygens (including phenoxy) is 10. The van der Waals surface area contributed by atoms with Crippen molar-refractivity contribution < 1.29 is 52.5 Å². The molecule has 2 fully saturated rings. The van der Waals surface area contributed by atoms with Gasteiger partial charge in [0.25, 0.3) is 0 Å². The Labute approximate surface area is 393 Å². The van der Waals surface area contributed by atoms with Crippen molar-refractivity contribution in [3.63, 3.8) is 0 Å². The highest BCUT2D eigenvalue weighted by Gasteiger charge is 2.51. The van der Waals surface area contributed by atoms with E-state index in [1.165, 1.54) is 0 Å². The second-order valence-corrected chi connectivity index (χ2v) is 16.3. The zero-order valence-electron chi connectivity index (χ0n) is 37.6. The molecule has 6 aromatic rings. The van der Waals surface area contributed by atoms with Crippen LogP contribution in [0.2, 0.25) is 0 Å². The van der Waals surface area contributed by atoms with Gasteiger partial charge in [0.15, 0.2) is 12.4 Å². The summed E-state index contributed by atoms with van der Waals surface area (Å²) in [6, 6.07) is 59.2. The number of benzene rings is 6. The van der Waals surface area contributed by atoms with Crippen LogP contribution in [-0.2, 0) is 87.0 Å². The largest absolute Gasteiger partial charge is 0.411 e. The molecule has 11 nitrogen and oxygen atoms in total. The summed E-state index contributed by atoms with van der Waals surface area (Å²) in [5, 5.41) is 10.9. The fraction of sp³-hybridized carbons (Fsp3) is 0.321. The molecule has 0 radical (unpaired) electrons. The standard InChI is InChI=1S/C56H58O11/c1-58-55-53(64-39-45-28-16-6-17-29-45)51(62-37-43-24-12-4-13-25-43)49(60-35-41-20-8-2-9-21-41)47(66-55)32-33-59-56-54(65-40-46-30-18-7-19-31-46)52(63-38-44-26-14-5-15-27-44)50(48(34-57)67-56)61-36-42-22-10-3-11-23-42/h2-31,47-57H,34-40H2,1H3/t47-,48-,49-,50+,51+,52+,53-,54-,55+,56+/m1/s1. The summed E-state index contributed by atoms with van der Waals surface area (Å²) in [7, 11) is 1.56. The Kier molecular flexibility index (Phi) is 18.1. The smallest absolute Gasteiger partial charge is 0.239 e. The van der Waals surface area contributed by atoms with Crippen LogP contribution in [0.15, 0.2) is 182 Å². The number of hydrogen-bond donors (Lipinski definition) is 1. The zero-order valence-corrected chi connectivity index (χ0v) is 37.6. The van der Waals surface area contributed by atoms with E-state index in [1.54, 1.807) is 7.11 Å². The van der Waals surface area contributed by atoms with Gasteiger partial charge in [-0.3, -0.25) is 0 Å². The fourth-order valence-electron chi connectivity index (χ4n) is 8.10. The summed E-state index contributed by atoms with van der Waals surface area (Å²) < 4.78 is 65.7. The molecule has 1 N–H and O–H groups in total. The van der Waals surface area contributed by atoms with E-state index in [0.29, 0.717) is 0 Å². The van der Waals surface area contributed by atoms with E-state index in [-0.39, 0.29) is 46.2 Å². The normalized spacial score (nSPS) is 24.9. The second kappa shape index (κ2) is 25.4. The summed E-state index contributed by atoms with van der Waals surface area (Å²) in [5.41, 5.74) is 5.75. The Balaban J connectivity index is 1.10. The molecule has 348 valence electrons.